The quantitative estimate of drug-likeness (QED) is 0.921. The number of amides is 1. The Hall–Kier alpha value is -2.14. The molecule has 0 bridgehead atoms. The third-order valence-electron chi connectivity index (χ3n) is 3.46. The first-order chi connectivity index (χ1) is 10.4. The molecule has 0 saturated heterocycles. The van der Waals surface area contributed by atoms with Gasteiger partial charge in [0.05, 0.1) is 10.8 Å². The van der Waals surface area contributed by atoms with Gasteiger partial charge in [0, 0.05) is 11.9 Å². The van der Waals surface area contributed by atoms with Gasteiger partial charge < -0.3 is 5.32 Å². The summed E-state index contributed by atoms with van der Waals surface area (Å²) in [7, 11) is -3.29. The highest BCUT2D eigenvalue weighted by molar-refractivity contribution is 7.90. The standard InChI is InChI=1S/C17H19NO3S/c1-3-16(13-8-5-4-6-9-13)17(19)18-14-10-7-11-15(12-14)22(2,20)21/h4-12,16H,3H2,1-2H3,(H,18,19). The van der Waals surface area contributed by atoms with Gasteiger partial charge >= 0.3 is 0 Å². The summed E-state index contributed by atoms with van der Waals surface area (Å²) < 4.78 is 23.1. The molecule has 0 aliphatic carbocycles. The molecule has 0 spiro atoms. The van der Waals surface area contributed by atoms with E-state index in [0.717, 1.165) is 11.8 Å². The predicted octanol–water partition coefficient (Wildman–Crippen LogP) is 3.22. The van der Waals surface area contributed by atoms with E-state index in [2.05, 4.69) is 5.32 Å². The molecule has 0 aromatic heterocycles. The maximum absolute atomic E-state index is 12.4. The van der Waals surface area contributed by atoms with E-state index in [1.165, 1.54) is 12.1 Å². The van der Waals surface area contributed by atoms with Gasteiger partial charge in [-0.2, -0.15) is 0 Å². The molecule has 0 fully saturated rings. The van der Waals surface area contributed by atoms with Gasteiger partial charge in [-0.05, 0) is 30.2 Å². The topological polar surface area (TPSA) is 63.2 Å². The van der Waals surface area contributed by atoms with Crippen molar-refractivity contribution in [3.05, 3.63) is 60.2 Å². The van der Waals surface area contributed by atoms with Crippen molar-refractivity contribution >= 4 is 21.4 Å². The first-order valence-corrected chi connectivity index (χ1v) is 8.97. The average molecular weight is 317 g/mol. The van der Waals surface area contributed by atoms with E-state index in [0.29, 0.717) is 12.1 Å². The Morgan fingerprint density at radius 2 is 1.77 bits per heavy atom. The molecule has 0 aliphatic heterocycles. The monoisotopic (exact) mass is 317 g/mol. The molecule has 0 aliphatic rings. The van der Waals surface area contributed by atoms with Crippen LogP contribution in [0.5, 0.6) is 0 Å². The van der Waals surface area contributed by atoms with Crippen molar-refractivity contribution in [2.75, 3.05) is 11.6 Å². The second-order valence-corrected chi connectivity index (χ2v) is 7.18. The summed E-state index contributed by atoms with van der Waals surface area (Å²) in [5.74, 6) is -0.401. The molecule has 5 heteroatoms. The van der Waals surface area contributed by atoms with E-state index in [1.807, 2.05) is 37.3 Å². The number of carbonyl (C=O) groups excluding carboxylic acids is 1. The minimum Gasteiger partial charge on any atom is -0.326 e. The molecule has 1 N–H and O–H groups in total. The van der Waals surface area contributed by atoms with Gasteiger partial charge in [0.1, 0.15) is 0 Å². The summed E-state index contributed by atoms with van der Waals surface area (Å²) in [6.45, 7) is 1.95. The number of rotatable bonds is 5. The van der Waals surface area contributed by atoms with Gasteiger partial charge in [-0.3, -0.25) is 4.79 Å². The minimum atomic E-state index is -3.29. The van der Waals surface area contributed by atoms with E-state index in [-0.39, 0.29) is 16.7 Å². The SMILES string of the molecule is CCC(C(=O)Nc1cccc(S(C)(=O)=O)c1)c1ccccc1. The first-order valence-electron chi connectivity index (χ1n) is 7.07. The second kappa shape index (κ2) is 6.75. The van der Waals surface area contributed by atoms with Crippen LogP contribution in [-0.4, -0.2) is 20.6 Å². The predicted molar refractivity (Wildman–Crippen MR) is 87.7 cm³/mol. The lowest BCUT2D eigenvalue weighted by Gasteiger charge is -2.15. The molecular weight excluding hydrogens is 298 g/mol. The van der Waals surface area contributed by atoms with Gasteiger partial charge in [-0.1, -0.05) is 43.3 Å². The fourth-order valence-electron chi connectivity index (χ4n) is 2.29. The maximum atomic E-state index is 12.4. The number of hydrogen-bond acceptors (Lipinski definition) is 3. The Morgan fingerprint density at radius 3 is 2.36 bits per heavy atom. The zero-order valence-electron chi connectivity index (χ0n) is 12.6. The van der Waals surface area contributed by atoms with Crippen LogP contribution in [0.3, 0.4) is 0 Å². The fraction of sp³-hybridized carbons (Fsp3) is 0.235. The smallest absolute Gasteiger partial charge is 0.231 e. The van der Waals surface area contributed by atoms with E-state index in [4.69, 9.17) is 0 Å². The van der Waals surface area contributed by atoms with Crippen molar-refractivity contribution < 1.29 is 13.2 Å². The summed E-state index contributed by atoms with van der Waals surface area (Å²) >= 11 is 0. The Morgan fingerprint density at radius 1 is 1.09 bits per heavy atom. The highest BCUT2D eigenvalue weighted by atomic mass is 32.2. The third kappa shape index (κ3) is 3.95. The van der Waals surface area contributed by atoms with Crippen LogP contribution >= 0.6 is 0 Å². The Bertz CT molecular complexity index is 754. The number of benzene rings is 2. The van der Waals surface area contributed by atoms with E-state index in [9.17, 15) is 13.2 Å². The van der Waals surface area contributed by atoms with Crippen molar-refractivity contribution in [1.82, 2.24) is 0 Å². The van der Waals surface area contributed by atoms with Crippen LogP contribution in [0, 0.1) is 0 Å². The zero-order chi connectivity index (χ0) is 16.2. The molecule has 116 valence electrons. The lowest BCUT2D eigenvalue weighted by molar-refractivity contribution is -0.117. The minimum absolute atomic E-state index is 0.139. The van der Waals surface area contributed by atoms with Gasteiger partial charge in [-0.25, -0.2) is 8.42 Å². The highest BCUT2D eigenvalue weighted by Gasteiger charge is 2.19. The Kier molecular flexibility index (Phi) is 4.98. The maximum Gasteiger partial charge on any atom is 0.231 e. The van der Waals surface area contributed by atoms with Crippen molar-refractivity contribution in [1.29, 1.82) is 0 Å². The number of nitrogens with one attached hydrogen (secondary N) is 1. The van der Waals surface area contributed by atoms with Crippen LogP contribution < -0.4 is 5.32 Å². The molecule has 4 nitrogen and oxygen atoms in total. The molecule has 2 rings (SSSR count). The Balaban J connectivity index is 2.21. The largest absolute Gasteiger partial charge is 0.326 e. The normalized spacial score (nSPS) is 12.6. The third-order valence-corrected chi connectivity index (χ3v) is 4.57. The zero-order valence-corrected chi connectivity index (χ0v) is 13.4. The van der Waals surface area contributed by atoms with Crippen molar-refractivity contribution in [3.8, 4) is 0 Å². The van der Waals surface area contributed by atoms with Gasteiger partial charge in [0.2, 0.25) is 5.91 Å². The van der Waals surface area contributed by atoms with E-state index < -0.39 is 9.84 Å². The van der Waals surface area contributed by atoms with Crippen LogP contribution in [0.4, 0.5) is 5.69 Å². The molecule has 0 heterocycles. The van der Waals surface area contributed by atoms with Gasteiger partial charge in [0.15, 0.2) is 9.84 Å². The lowest BCUT2D eigenvalue weighted by atomic mass is 9.95. The summed E-state index contributed by atoms with van der Waals surface area (Å²) in [4.78, 5) is 12.6. The van der Waals surface area contributed by atoms with Gasteiger partial charge in [-0.15, -0.1) is 0 Å². The van der Waals surface area contributed by atoms with Crippen molar-refractivity contribution in [3.63, 3.8) is 0 Å². The average Bonchev–Trinajstić information content (AvgIpc) is 2.48. The summed E-state index contributed by atoms with van der Waals surface area (Å²) in [5, 5.41) is 2.80. The van der Waals surface area contributed by atoms with E-state index >= 15 is 0 Å². The molecule has 1 unspecified atom stereocenters. The van der Waals surface area contributed by atoms with Gasteiger partial charge in [0.25, 0.3) is 0 Å². The molecular formula is C17H19NO3S. The number of carbonyl (C=O) groups is 1. The molecule has 1 atom stereocenters. The molecule has 22 heavy (non-hydrogen) atoms. The summed E-state index contributed by atoms with van der Waals surface area (Å²) in [6.07, 6.45) is 1.81. The van der Waals surface area contributed by atoms with Crippen LogP contribution in [0.15, 0.2) is 59.5 Å². The fourth-order valence-corrected chi connectivity index (χ4v) is 2.96. The highest BCUT2D eigenvalue weighted by Crippen LogP contribution is 2.22. The summed E-state index contributed by atoms with van der Waals surface area (Å²) in [5.41, 5.74) is 1.43. The number of hydrogen-bond donors (Lipinski definition) is 1. The molecule has 1 amide bonds. The van der Waals surface area contributed by atoms with Crippen molar-refractivity contribution in [2.45, 2.75) is 24.2 Å². The van der Waals surface area contributed by atoms with Crippen LogP contribution in [-0.2, 0) is 14.6 Å². The Labute approximate surface area is 131 Å². The summed E-state index contributed by atoms with van der Waals surface area (Å²) in [6, 6.07) is 15.8. The van der Waals surface area contributed by atoms with Crippen molar-refractivity contribution in [2.24, 2.45) is 0 Å². The first kappa shape index (κ1) is 16.2. The lowest BCUT2D eigenvalue weighted by Crippen LogP contribution is -2.20. The second-order valence-electron chi connectivity index (χ2n) is 5.16. The molecule has 0 radical (unpaired) electrons. The van der Waals surface area contributed by atoms with Crippen LogP contribution in [0.1, 0.15) is 24.8 Å². The van der Waals surface area contributed by atoms with Crippen LogP contribution in [0.2, 0.25) is 0 Å². The molecule has 2 aromatic carbocycles. The number of sulfone groups is 1. The van der Waals surface area contributed by atoms with E-state index in [1.54, 1.807) is 12.1 Å². The number of anilines is 1. The molecule has 2 aromatic rings. The molecule has 0 saturated carbocycles. The van der Waals surface area contributed by atoms with Crippen LogP contribution in [0.25, 0.3) is 0 Å².